The minimum atomic E-state index is -0.562. The molecule has 0 atom stereocenters. The first-order valence-electron chi connectivity index (χ1n) is 5.71. The molecule has 1 amide bonds. The summed E-state index contributed by atoms with van der Waals surface area (Å²) in [5.74, 6) is -0.266. The van der Waals surface area contributed by atoms with Gasteiger partial charge >= 0.3 is 0 Å². The largest absolute Gasteiger partial charge is 0.383 e. The summed E-state index contributed by atoms with van der Waals surface area (Å²) in [6, 6.07) is 0. The second-order valence-electron chi connectivity index (χ2n) is 4.30. The van der Waals surface area contributed by atoms with Crippen molar-refractivity contribution in [3.05, 3.63) is 0 Å². The van der Waals surface area contributed by atoms with Gasteiger partial charge in [-0.05, 0) is 25.7 Å². The van der Waals surface area contributed by atoms with E-state index in [0.29, 0.717) is 13.2 Å². The lowest BCUT2D eigenvalue weighted by Crippen LogP contribution is -2.58. The monoisotopic (exact) mass is 230 g/mol. The summed E-state index contributed by atoms with van der Waals surface area (Å²) in [6.07, 6.45) is 3.49. The highest BCUT2D eigenvalue weighted by molar-refractivity contribution is 5.84. The number of methoxy groups -OCH3 is 2. The molecule has 0 saturated heterocycles. The normalized spacial score (nSPS) is 30.2. The molecule has 1 rings (SSSR count). The fraction of sp³-hybridized carbons (Fsp3) is 0.909. The first-order chi connectivity index (χ1) is 7.64. The van der Waals surface area contributed by atoms with Gasteiger partial charge in [-0.15, -0.1) is 0 Å². The van der Waals surface area contributed by atoms with Crippen molar-refractivity contribution in [2.45, 2.75) is 37.3 Å². The number of hydrogen-bond acceptors (Lipinski definition) is 4. The molecule has 0 aromatic carbocycles. The fourth-order valence-electron chi connectivity index (χ4n) is 2.22. The quantitative estimate of drug-likeness (QED) is 0.632. The summed E-state index contributed by atoms with van der Waals surface area (Å²) in [5, 5.41) is 3.23. The third-order valence-electron chi connectivity index (χ3n) is 3.36. The van der Waals surface area contributed by atoms with Crippen molar-refractivity contribution in [2.24, 2.45) is 5.73 Å². The van der Waals surface area contributed by atoms with Crippen LogP contribution in [-0.2, 0) is 14.3 Å². The van der Waals surface area contributed by atoms with Crippen LogP contribution in [0.3, 0.4) is 0 Å². The summed E-state index contributed by atoms with van der Waals surface area (Å²) >= 11 is 0. The molecule has 0 heterocycles. The highest BCUT2D eigenvalue weighted by Crippen LogP contribution is 2.29. The van der Waals surface area contributed by atoms with Crippen LogP contribution in [0, 0.1) is 0 Å². The molecule has 0 unspecified atom stereocenters. The van der Waals surface area contributed by atoms with Gasteiger partial charge in [0.1, 0.15) is 0 Å². The van der Waals surface area contributed by atoms with E-state index in [9.17, 15) is 4.79 Å². The molecule has 94 valence electrons. The number of carbonyl (C=O) groups excluding carboxylic acids is 1. The molecule has 1 aliphatic rings. The molecular formula is C11H22N2O3. The van der Waals surface area contributed by atoms with Crippen LogP contribution in [0.1, 0.15) is 25.7 Å². The van der Waals surface area contributed by atoms with Crippen molar-refractivity contribution in [3.63, 3.8) is 0 Å². The number of primary amides is 1. The predicted molar refractivity (Wildman–Crippen MR) is 61.1 cm³/mol. The van der Waals surface area contributed by atoms with Gasteiger partial charge in [-0.1, -0.05) is 0 Å². The minimum Gasteiger partial charge on any atom is -0.383 e. The third-order valence-corrected chi connectivity index (χ3v) is 3.36. The van der Waals surface area contributed by atoms with Gasteiger partial charge in [0, 0.05) is 20.8 Å². The standard InChI is InChI=1S/C11H22N2O3/c1-15-8-7-13-11(10(12)14)5-3-9(16-2)4-6-11/h9,13H,3-8H2,1-2H3,(H2,12,14). The summed E-state index contributed by atoms with van der Waals surface area (Å²) < 4.78 is 10.2. The highest BCUT2D eigenvalue weighted by atomic mass is 16.5. The Bertz CT molecular complexity index is 220. The maximum absolute atomic E-state index is 11.5. The van der Waals surface area contributed by atoms with Gasteiger partial charge in [0.05, 0.1) is 18.2 Å². The predicted octanol–water partition coefficient (Wildman–Crippen LogP) is 0.0355. The van der Waals surface area contributed by atoms with E-state index in [1.54, 1.807) is 14.2 Å². The van der Waals surface area contributed by atoms with E-state index < -0.39 is 5.54 Å². The maximum atomic E-state index is 11.5. The number of carbonyl (C=O) groups is 1. The Morgan fingerprint density at radius 2 is 2.06 bits per heavy atom. The first-order valence-corrected chi connectivity index (χ1v) is 5.71. The van der Waals surface area contributed by atoms with Crippen LogP contribution in [0.4, 0.5) is 0 Å². The fourth-order valence-corrected chi connectivity index (χ4v) is 2.22. The molecule has 0 aromatic heterocycles. The summed E-state index contributed by atoms with van der Waals surface area (Å²) in [7, 11) is 3.35. The number of nitrogens with one attached hydrogen (secondary N) is 1. The van der Waals surface area contributed by atoms with Gasteiger partial charge in [-0.2, -0.15) is 0 Å². The van der Waals surface area contributed by atoms with Crippen LogP contribution in [0.25, 0.3) is 0 Å². The minimum absolute atomic E-state index is 0.261. The Kier molecular flexibility index (Phi) is 5.18. The summed E-state index contributed by atoms with van der Waals surface area (Å²) in [6.45, 7) is 1.24. The van der Waals surface area contributed by atoms with E-state index in [4.69, 9.17) is 15.2 Å². The van der Waals surface area contributed by atoms with E-state index in [0.717, 1.165) is 25.7 Å². The molecule has 5 heteroatoms. The topological polar surface area (TPSA) is 73.6 Å². The summed E-state index contributed by atoms with van der Waals surface area (Å²) in [5.41, 5.74) is 4.93. The lowest BCUT2D eigenvalue weighted by Gasteiger charge is -2.38. The van der Waals surface area contributed by atoms with Crippen molar-refractivity contribution in [1.29, 1.82) is 0 Å². The lowest BCUT2D eigenvalue weighted by molar-refractivity contribution is -0.127. The molecule has 3 N–H and O–H groups in total. The van der Waals surface area contributed by atoms with Crippen LogP contribution < -0.4 is 11.1 Å². The Balaban J connectivity index is 2.51. The highest BCUT2D eigenvalue weighted by Gasteiger charge is 2.39. The van der Waals surface area contributed by atoms with Crippen molar-refractivity contribution in [3.8, 4) is 0 Å². The Hall–Kier alpha value is -0.650. The molecule has 1 saturated carbocycles. The molecule has 16 heavy (non-hydrogen) atoms. The van der Waals surface area contributed by atoms with Gasteiger partial charge < -0.3 is 20.5 Å². The number of nitrogens with two attached hydrogens (primary N) is 1. The average molecular weight is 230 g/mol. The lowest BCUT2D eigenvalue weighted by atomic mass is 9.79. The van der Waals surface area contributed by atoms with Gasteiger partial charge in [0.2, 0.25) is 5.91 Å². The van der Waals surface area contributed by atoms with Crippen molar-refractivity contribution >= 4 is 5.91 Å². The maximum Gasteiger partial charge on any atom is 0.237 e. The molecule has 0 radical (unpaired) electrons. The number of hydrogen-bond donors (Lipinski definition) is 2. The molecular weight excluding hydrogens is 208 g/mol. The van der Waals surface area contributed by atoms with E-state index in [1.807, 2.05) is 0 Å². The van der Waals surface area contributed by atoms with Crippen LogP contribution in [0.5, 0.6) is 0 Å². The molecule has 0 aromatic rings. The second-order valence-corrected chi connectivity index (χ2v) is 4.30. The van der Waals surface area contributed by atoms with Gasteiger partial charge in [0.25, 0.3) is 0 Å². The Morgan fingerprint density at radius 1 is 1.44 bits per heavy atom. The van der Waals surface area contributed by atoms with E-state index in [2.05, 4.69) is 5.32 Å². The van der Waals surface area contributed by atoms with Crippen LogP contribution in [-0.4, -0.2) is 44.9 Å². The zero-order chi connectivity index (χ0) is 12.0. The van der Waals surface area contributed by atoms with Gasteiger partial charge in [-0.3, -0.25) is 4.79 Å². The van der Waals surface area contributed by atoms with Crippen molar-refractivity contribution < 1.29 is 14.3 Å². The first kappa shape index (κ1) is 13.4. The average Bonchev–Trinajstić information content (AvgIpc) is 2.30. The van der Waals surface area contributed by atoms with Crippen LogP contribution in [0.15, 0.2) is 0 Å². The van der Waals surface area contributed by atoms with Crippen molar-refractivity contribution in [2.75, 3.05) is 27.4 Å². The molecule has 5 nitrogen and oxygen atoms in total. The zero-order valence-corrected chi connectivity index (χ0v) is 10.1. The smallest absolute Gasteiger partial charge is 0.237 e. The third kappa shape index (κ3) is 3.17. The van der Waals surface area contributed by atoms with Gasteiger partial charge in [-0.25, -0.2) is 0 Å². The molecule has 1 aliphatic carbocycles. The van der Waals surface area contributed by atoms with Gasteiger partial charge in [0.15, 0.2) is 0 Å². The summed E-state index contributed by atoms with van der Waals surface area (Å²) in [4.78, 5) is 11.5. The molecule has 0 spiro atoms. The molecule has 1 fully saturated rings. The Morgan fingerprint density at radius 3 is 2.50 bits per heavy atom. The van der Waals surface area contributed by atoms with Crippen molar-refractivity contribution in [1.82, 2.24) is 5.32 Å². The van der Waals surface area contributed by atoms with Crippen LogP contribution in [0.2, 0.25) is 0 Å². The van der Waals surface area contributed by atoms with Crippen LogP contribution >= 0.6 is 0 Å². The zero-order valence-electron chi connectivity index (χ0n) is 10.1. The van der Waals surface area contributed by atoms with E-state index >= 15 is 0 Å². The SMILES string of the molecule is COCCNC1(C(N)=O)CCC(OC)CC1. The number of rotatable bonds is 6. The molecule has 0 aliphatic heterocycles. The molecule has 0 bridgehead atoms. The Labute approximate surface area is 96.7 Å². The number of ether oxygens (including phenoxy) is 2. The van der Waals surface area contributed by atoms with E-state index in [-0.39, 0.29) is 12.0 Å². The second kappa shape index (κ2) is 6.18. The number of amides is 1. The van der Waals surface area contributed by atoms with E-state index in [1.165, 1.54) is 0 Å².